The number of Topliss-reactive ketones (excluding diaryl/α,β-unsaturated/α-hetero) is 1. The van der Waals surface area contributed by atoms with Gasteiger partial charge in [-0.05, 0) is 44.1 Å². The second kappa shape index (κ2) is 6.74. The molecule has 2 atom stereocenters. The minimum Gasteiger partial charge on any atom is -0.379 e. The molecule has 2 rings (SSSR count). The number of carbonyl (C=O) groups is 1. The molecular formula is C19H28O2. The summed E-state index contributed by atoms with van der Waals surface area (Å²) in [5, 5.41) is 0. The smallest absolute Gasteiger partial charge is 0.163 e. The van der Waals surface area contributed by atoms with Gasteiger partial charge in [0.1, 0.15) is 0 Å². The molecule has 2 unspecified atom stereocenters. The third-order valence-corrected chi connectivity index (χ3v) is 5.02. The molecular weight excluding hydrogens is 260 g/mol. The Morgan fingerprint density at radius 1 is 1.33 bits per heavy atom. The van der Waals surface area contributed by atoms with Crippen molar-refractivity contribution in [3.8, 4) is 0 Å². The van der Waals surface area contributed by atoms with Crippen LogP contribution in [0.2, 0.25) is 0 Å². The average Bonchev–Trinajstić information content (AvgIpc) is 2.47. The summed E-state index contributed by atoms with van der Waals surface area (Å²) < 4.78 is 5.49. The standard InChI is InChI=1S/C19H28O2/c1-14(8-7-13-19(2,3)21-4)15-11-12-18(20)17-10-6-5-9-16(15)17/h5-6,9-10,14-15H,7-8,11-13H2,1-4H3. The van der Waals surface area contributed by atoms with Gasteiger partial charge < -0.3 is 4.74 Å². The third kappa shape index (κ3) is 3.94. The Bertz CT molecular complexity index is 490. The van der Waals surface area contributed by atoms with Crippen LogP contribution in [-0.4, -0.2) is 18.5 Å². The van der Waals surface area contributed by atoms with E-state index in [1.807, 2.05) is 12.1 Å². The Hall–Kier alpha value is -1.15. The molecule has 21 heavy (non-hydrogen) atoms. The van der Waals surface area contributed by atoms with Crippen molar-refractivity contribution < 1.29 is 9.53 Å². The lowest BCUT2D eigenvalue weighted by Crippen LogP contribution is -2.23. The third-order valence-electron chi connectivity index (χ3n) is 5.02. The normalized spacial score (nSPS) is 20.2. The predicted octanol–water partition coefficient (Wildman–Crippen LogP) is 4.98. The van der Waals surface area contributed by atoms with Gasteiger partial charge in [-0.25, -0.2) is 0 Å². The first-order chi connectivity index (χ1) is 9.94. The molecule has 1 aromatic carbocycles. The van der Waals surface area contributed by atoms with E-state index in [2.05, 4.69) is 32.9 Å². The maximum atomic E-state index is 12.0. The number of fused-ring (bicyclic) bond motifs is 1. The number of methoxy groups -OCH3 is 1. The van der Waals surface area contributed by atoms with Gasteiger partial charge in [-0.2, -0.15) is 0 Å². The van der Waals surface area contributed by atoms with E-state index in [1.165, 1.54) is 18.4 Å². The summed E-state index contributed by atoms with van der Waals surface area (Å²) in [5.41, 5.74) is 2.20. The van der Waals surface area contributed by atoms with Crippen molar-refractivity contribution >= 4 is 5.78 Å². The van der Waals surface area contributed by atoms with Crippen LogP contribution in [0.4, 0.5) is 0 Å². The summed E-state index contributed by atoms with van der Waals surface area (Å²) in [5.74, 6) is 1.46. The molecule has 0 heterocycles. The van der Waals surface area contributed by atoms with Crippen molar-refractivity contribution in [1.82, 2.24) is 0 Å². The summed E-state index contributed by atoms with van der Waals surface area (Å²) in [4.78, 5) is 12.0. The Morgan fingerprint density at radius 3 is 2.76 bits per heavy atom. The number of ether oxygens (including phenoxy) is 1. The summed E-state index contributed by atoms with van der Waals surface area (Å²) in [6.45, 7) is 6.62. The quantitative estimate of drug-likeness (QED) is 0.738. The summed E-state index contributed by atoms with van der Waals surface area (Å²) >= 11 is 0. The SMILES string of the molecule is COC(C)(C)CCCC(C)C1CCC(=O)c2ccccc21. The molecule has 0 radical (unpaired) electrons. The summed E-state index contributed by atoms with van der Waals surface area (Å²) in [7, 11) is 1.78. The molecule has 0 bridgehead atoms. The van der Waals surface area contributed by atoms with Gasteiger partial charge in [0.15, 0.2) is 5.78 Å². The number of carbonyl (C=O) groups excluding carboxylic acids is 1. The fourth-order valence-corrected chi connectivity index (χ4v) is 3.40. The van der Waals surface area contributed by atoms with Crippen LogP contribution in [0.5, 0.6) is 0 Å². The monoisotopic (exact) mass is 288 g/mol. The van der Waals surface area contributed by atoms with Crippen LogP contribution in [-0.2, 0) is 4.74 Å². The first-order valence-electron chi connectivity index (χ1n) is 8.12. The molecule has 0 aromatic heterocycles. The molecule has 0 N–H and O–H groups in total. The maximum absolute atomic E-state index is 12.0. The molecule has 0 fully saturated rings. The van der Waals surface area contributed by atoms with Crippen molar-refractivity contribution in [1.29, 1.82) is 0 Å². The Kier molecular flexibility index (Phi) is 5.21. The van der Waals surface area contributed by atoms with Crippen LogP contribution in [0.3, 0.4) is 0 Å². The molecule has 0 saturated carbocycles. The second-order valence-corrected chi connectivity index (χ2v) is 6.99. The van der Waals surface area contributed by atoms with Crippen LogP contribution in [0.15, 0.2) is 24.3 Å². The molecule has 0 amide bonds. The van der Waals surface area contributed by atoms with E-state index in [0.717, 1.165) is 18.4 Å². The summed E-state index contributed by atoms with van der Waals surface area (Å²) in [6, 6.07) is 8.17. The van der Waals surface area contributed by atoms with Crippen molar-refractivity contribution in [3.05, 3.63) is 35.4 Å². The van der Waals surface area contributed by atoms with E-state index in [0.29, 0.717) is 24.0 Å². The minimum absolute atomic E-state index is 0.0276. The predicted molar refractivity (Wildman–Crippen MR) is 86.9 cm³/mol. The van der Waals surface area contributed by atoms with Crippen molar-refractivity contribution in [3.63, 3.8) is 0 Å². The maximum Gasteiger partial charge on any atom is 0.163 e. The molecule has 0 spiro atoms. The molecule has 0 saturated heterocycles. The van der Waals surface area contributed by atoms with Gasteiger partial charge >= 0.3 is 0 Å². The topological polar surface area (TPSA) is 26.3 Å². The van der Waals surface area contributed by atoms with E-state index in [4.69, 9.17) is 4.74 Å². The lowest BCUT2D eigenvalue weighted by atomic mass is 9.74. The van der Waals surface area contributed by atoms with Crippen molar-refractivity contribution in [2.45, 2.75) is 64.4 Å². The fourth-order valence-electron chi connectivity index (χ4n) is 3.40. The highest BCUT2D eigenvalue weighted by molar-refractivity contribution is 5.98. The second-order valence-electron chi connectivity index (χ2n) is 6.99. The van der Waals surface area contributed by atoms with Crippen molar-refractivity contribution in [2.24, 2.45) is 5.92 Å². The lowest BCUT2D eigenvalue weighted by molar-refractivity contribution is 0.0125. The van der Waals surface area contributed by atoms with Gasteiger partial charge in [0.05, 0.1) is 5.60 Å². The summed E-state index contributed by atoms with van der Waals surface area (Å²) in [6.07, 6.45) is 5.16. The number of benzene rings is 1. The average molecular weight is 288 g/mol. The van der Waals surface area contributed by atoms with E-state index in [-0.39, 0.29) is 5.60 Å². The van der Waals surface area contributed by atoms with Crippen LogP contribution in [0, 0.1) is 5.92 Å². The number of ketones is 1. The van der Waals surface area contributed by atoms with Crippen LogP contribution in [0.1, 0.15) is 74.7 Å². The first-order valence-corrected chi connectivity index (χ1v) is 8.12. The number of hydrogen-bond donors (Lipinski definition) is 0. The van der Waals surface area contributed by atoms with Gasteiger partial charge in [0.2, 0.25) is 0 Å². The zero-order valence-corrected chi connectivity index (χ0v) is 13.8. The zero-order valence-electron chi connectivity index (χ0n) is 13.8. The van der Waals surface area contributed by atoms with Crippen molar-refractivity contribution in [2.75, 3.05) is 7.11 Å². The van der Waals surface area contributed by atoms with Gasteiger partial charge in [-0.15, -0.1) is 0 Å². The molecule has 0 aliphatic heterocycles. The van der Waals surface area contributed by atoms with Gasteiger partial charge in [0.25, 0.3) is 0 Å². The van der Waals surface area contributed by atoms with E-state index < -0.39 is 0 Å². The van der Waals surface area contributed by atoms with Gasteiger partial charge in [0, 0.05) is 19.1 Å². The van der Waals surface area contributed by atoms with Gasteiger partial charge in [-0.1, -0.05) is 44.0 Å². The Balaban J connectivity index is 1.99. The largest absolute Gasteiger partial charge is 0.379 e. The Labute approximate surface area is 128 Å². The number of rotatable bonds is 6. The van der Waals surface area contributed by atoms with Crippen LogP contribution in [0.25, 0.3) is 0 Å². The number of hydrogen-bond acceptors (Lipinski definition) is 2. The van der Waals surface area contributed by atoms with E-state index in [9.17, 15) is 4.79 Å². The first kappa shape index (κ1) is 16.2. The Morgan fingerprint density at radius 2 is 2.05 bits per heavy atom. The minimum atomic E-state index is -0.0276. The zero-order chi connectivity index (χ0) is 15.5. The fraction of sp³-hybridized carbons (Fsp3) is 0.632. The lowest BCUT2D eigenvalue weighted by Gasteiger charge is -2.30. The van der Waals surface area contributed by atoms with E-state index in [1.54, 1.807) is 7.11 Å². The highest BCUT2D eigenvalue weighted by Crippen LogP contribution is 2.38. The molecule has 2 nitrogen and oxygen atoms in total. The molecule has 2 heteroatoms. The van der Waals surface area contributed by atoms with Crippen LogP contribution < -0.4 is 0 Å². The molecule has 1 aromatic rings. The highest BCUT2D eigenvalue weighted by atomic mass is 16.5. The van der Waals surface area contributed by atoms with Gasteiger partial charge in [-0.3, -0.25) is 4.79 Å². The van der Waals surface area contributed by atoms with Crippen LogP contribution >= 0.6 is 0 Å². The van der Waals surface area contributed by atoms with E-state index >= 15 is 0 Å². The molecule has 116 valence electrons. The molecule has 1 aliphatic rings. The highest BCUT2D eigenvalue weighted by Gasteiger charge is 2.29. The molecule has 1 aliphatic carbocycles.